The van der Waals surface area contributed by atoms with Gasteiger partial charge in [0.2, 0.25) is 0 Å². The molecule has 0 bridgehead atoms. The molecule has 1 aromatic rings. The van der Waals surface area contributed by atoms with Gasteiger partial charge in [0.1, 0.15) is 0 Å². The predicted molar refractivity (Wildman–Crippen MR) is 80.7 cm³/mol. The van der Waals surface area contributed by atoms with Crippen LogP contribution in [0.5, 0.6) is 0 Å². The van der Waals surface area contributed by atoms with Crippen molar-refractivity contribution in [3.05, 3.63) is 26.3 Å². The van der Waals surface area contributed by atoms with Crippen LogP contribution in [0.2, 0.25) is 5.02 Å². The molecule has 0 aliphatic rings. The second kappa shape index (κ2) is 7.37. The number of halogens is 3. The third kappa shape index (κ3) is 3.88. The number of ether oxygens (including phenoxy) is 1. The number of benzene rings is 1. The van der Waals surface area contributed by atoms with Crippen LogP contribution in [0.4, 0.5) is 5.69 Å². The molecule has 1 unspecified atom stereocenters. The Morgan fingerprint density at radius 2 is 2.28 bits per heavy atom. The Morgan fingerprint density at radius 1 is 1.61 bits per heavy atom. The van der Waals surface area contributed by atoms with E-state index >= 15 is 0 Å². The molecule has 0 spiro atoms. The third-order valence-corrected chi connectivity index (χ3v) is 4.38. The zero-order chi connectivity index (χ0) is 13.7. The van der Waals surface area contributed by atoms with Crippen molar-refractivity contribution in [1.82, 2.24) is 0 Å². The molecule has 0 aromatic heterocycles. The Labute approximate surface area is 129 Å². The van der Waals surface area contributed by atoms with Crippen LogP contribution in [-0.2, 0) is 4.74 Å². The summed E-state index contributed by atoms with van der Waals surface area (Å²) in [6, 6.07) is 3.28. The number of anilines is 1. The van der Waals surface area contributed by atoms with E-state index in [9.17, 15) is 9.90 Å². The fraction of sp³-hybridized carbons (Fsp3) is 0.364. The minimum atomic E-state index is -0.637. The van der Waals surface area contributed by atoms with Crippen molar-refractivity contribution in [2.45, 2.75) is 6.10 Å². The lowest BCUT2D eigenvalue weighted by Crippen LogP contribution is -2.21. The van der Waals surface area contributed by atoms with Gasteiger partial charge in [-0.25, -0.2) is 4.79 Å². The molecule has 0 heterocycles. The summed E-state index contributed by atoms with van der Waals surface area (Å²) in [4.78, 5) is 11.4. The lowest BCUT2D eigenvalue weighted by Gasteiger charge is -2.13. The minimum absolute atomic E-state index is 0.150. The zero-order valence-electron chi connectivity index (χ0n) is 9.54. The Hall–Kier alpha value is -0.240. The highest BCUT2D eigenvalue weighted by molar-refractivity contribution is 14.1. The maximum absolute atomic E-state index is 11.4. The Balaban J connectivity index is 2.90. The van der Waals surface area contributed by atoms with Gasteiger partial charge in [0, 0.05) is 12.2 Å². The van der Waals surface area contributed by atoms with E-state index in [1.54, 1.807) is 12.1 Å². The van der Waals surface area contributed by atoms with E-state index in [0.717, 1.165) is 5.69 Å². The van der Waals surface area contributed by atoms with Gasteiger partial charge >= 0.3 is 5.97 Å². The average molecular weight is 404 g/mol. The van der Waals surface area contributed by atoms with E-state index in [2.05, 4.69) is 10.1 Å². The first-order valence-electron chi connectivity index (χ1n) is 5.05. The van der Waals surface area contributed by atoms with Gasteiger partial charge in [0.05, 0.1) is 33.3 Å². The summed E-state index contributed by atoms with van der Waals surface area (Å²) in [6.45, 7) is 0.313. The predicted octanol–water partition coefficient (Wildman–Crippen LogP) is 2.74. The molecule has 2 N–H and O–H groups in total. The van der Waals surface area contributed by atoms with E-state index in [1.807, 2.05) is 22.6 Å². The number of methoxy groups -OCH3 is 1. The summed E-state index contributed by atoms with van der Waals surface area (Å²) >= 11 is 13.6. The fourth-order valence-corrected chi connectivity index (χ4v) is 2.25. The number of hydrogen-bond acceptors (Lipinski definition) is 4. The van der Waals surface area contributed by atoms with Crippen LogP contribution < -0.4 is 5.32 Å². The number of rotatable bonds is 5. The number of esters is 1. The molecule has 7 heteroatoms. The molecule has 0 amide bonds. The van der Waals surface area contributed by atoms with E-state index in [1.165, 1.54) is 7.11 Å². The highest BCUT2D eigenvalue weighted by Crippen LogP contribution is 2.30. The van der Waals surface area contributed by atoms with E-state index in [0.29, 0.717) is 20.7 Å². The van der Waals surface area contributed by atoms with Crippen LogP contribution in [0.1, 0.15) is 10.4 Å². The molecule has 100 valence electrons. The van der Waals surface area contributed by atoms with Crippen molar-refractivity contribution in [1.29, 1.82) is 0 Å². The van der Waals surface area contributed by atoms with E-state index < -0.39 is 12.1 Å². The van der Waals surface area contributed by atoms with Crippen LogP contribution in [-0.4, -0.2) is 36.7 Å². The summed E-state index contributed by atoms with van der Waals surface area (Å²) < 4.78 is 5.32. The van der Waals surface area contributed by atoms with Crippen LogP contribution in [0, 0.1) is 3.57 Å². The average Bonchev–Trinajstić information content (AvgIpc) is 2.39. The van der Waals surface area contributed by atoms with E-state index in [4.69, 9.17) is 23.2 Å². The standard InChI is InChI=1S/C11H12Cl2INO3/c1-18-11(17)7-2-3-8(10(14)9(7)13)15-5-6(16)4-12/h2-3,6,15-16H,4-5H2,1H3. The van der Waals surface area contributed by atoms with Gasteiger partial charge in [0.25, 0.3) is 0 Å². The smallest absolute Gasteiger partial charge is 0.339 e. The first-order chi connectivity index (χ1) is 8.51. The van der Waals surface area contributed by atoms with Gasteiger partial charge in [-0.3, -0.25) is 0 Å². The zero-order valence-corrected chi connectivity index (χ0v) is 13.2. The van der Waals surface area contributed by atoms with Crippen molar-refractivity contribution in [2.24, 2.45) is 0 Å². The quantitative estimate of drug-likeness (QED) is 0.451. The first-order valence-corrected chi connectivity index (χ1v) is 7.04. The summed E-state index contributed by atoms with van der Waals surface area (Å²) in [5.41, 5.74) is 1.05. The van der Waals surface area contributed by atoms with E-state index in [-0.39, 0.29) is 5.88 Å². The maximum atomic E-state index is 11.4. The van der Waals surface area contributed by atoms with Crippen molar-refractivity contribution >= 4 is 57.4 Å². The lowest BCUT2D eigenvalue weighted by molar-refractivity contribution is 0.0601. The minimum Gasteiger partial charge on any atom is -0.465 e. The van der Waals surface area contributed by atoms with Crippen LogP contribution in [0.15, 0.2) is 12.1 Å². The lowest BCUT2D eigenvalue weighted by atomic mass is 10.2. The maximum Gasteiger partial charge on any atom is 0.339 e. The second-order valence-corrected chi connectivity index (χ2v) is 5.23. The summed E-state index contributed by atoms with van der Waals surface area (Å²) in [7, 11) is 1.30. The van der Waals surface area contributed by atoms with Crippen LogP contribution in [0.3, 0.4) is 0 Å². The Morgan fingerprint density at radius 3 is 2.83 bits per heavy atom. The van der Waals surface area contributed by atoms with Crippen molar-refractivity contribution < 1.29 is 14.6 Å². The number of carbonyl (C=O) groups is 1. The molecule has 0 fully saturated rings. The number of hydrogen-bond donors (Lipinski definition) is 2. The van der Waals surface area contributed by atoms with Crippen molar-refractivity contribution in [3.8, 4) is 0 Å². The van der Waals surface area contributed by atoms with Gasteiger partial charge in [-0.1, -0.05) is 11.6 Å². The topological polar surface area (TPSA) is 58.6 Å². The van der Waals surface area contributed by atoms with Crippen molar-refractivity contribution in [3.63, 3.8) is 0 Å². The molecule has 0 aliphatic carbocycles. The van der Waals surface area contributed by atoms with Gasteiger partial charge in [0.15, 0.2) is 0 Å². The highest BCUT2D eigenvalue weighted by atomic mass is 127. The van der Waals surface area contributed by atoms with Gasteiger partial charge < -0.3 is 15.2 Å². The largest absolute Gasteiger partial charge is 0.465 e. The molecule has 1 rings (SSSR count). The fourth-order valence-electron chi connectivity index (χ4n) is 1.24. The monoisotopic (exact) mass is 403 g/mol. The molecular weight excluding hydrogens is 392 g/mol. The molecule has 4 nitrogen and oxygen atoms in total. The molecule has 18 heavy (non-hydrogen) atoms. The van der Waals surface area contributed by atoms with Gasteiger partial charge in [-0.15, -0.1) is 11.6 Å². The molecule has 1 aromatic carbocycles. The molecule has 0 aliphatic heterocycles. The molecule has 0 radical (unpaired) electrons. The Kier molecular flexibility index (Phi) is 6.48. The van der Waals surface area contributed by atoms with Gasteiger partial charge in [-0.05, 0) is 34.7 Å². The number of carbonyl (C=O) groups excluding carboxylic acids is 1. The molecule has 0 saturated carbocycles. The first kappa shape index (κ1) is 15.8. The number of aliphatic hydroxyl groups excluding tert-OH is 1. The molecule has 0 saturated heterocycles. The normalized spacial score (nSPS) is 12.1. The third-order valence-electron chi connectivity index (χ3n) is 2.19. The highest BCUT2D eigenvalue weighted by Gasteiger charge is 2.16. The number of alkyl halides is 1. The number of nitrogens with one attached hydrogen (secondary N) is 1. The molecule has 1 atom stereocenters. The Bertz CT molecular complexity index is 443. The number of aliphatic hydroxyl groups is 1. The van der Waals surface area contributed by atoms with Crippen LogP contribution in [0.25, 0.3) is 0 Å². The molecular formula is C11H12Cl2INO3. The SMILES string of the molecule is COC(=O)c1ccc(NCC(O)CCl)c(I)c1Cl. The van der Waals surface area contributed by atoms with Crippen molar-refractivity contribution in [2.75, 3.05) is 24.9 Å². The summed E-state index contributed by atoms with van der Waals surface area (Å²) in [5, 5.41) is 12.7. The summed E-state index contributed by atoms with van der Waals surface area (Å²) in [5.74, 6) is -0.331. The van der Waals surface area contributed by atoms with Gasteiger partial charge in [-0.2, -0.15) is 0 Å². The van der Waals surface area contributed by atoms with Crippen LogP contribution >= 0.6 is 45.8 Å². The summed E-state index contributed by atoms with van der Waals surface area (Å²) in [6.07, 6.45) is -0.637. The second-order valence-electron chi connectivity index (χ2n) is 3.47.